The third kappa shape index (κ3) is 4.08. The van der Waals surface area contributed by atoms with Crippen molar-refractivity contribution in [1.82, 2.24) is 10.2 Å². The van der Waals surface area contributed by atoms with E-state index in [9.17, 15) is 9.59 Å². The molecular formula is C11H20N2O3. The van der Waals surface area contributed by atoms with Gasteiger partial charge >= 0.3 is 6.09 Å². The Labute approximate surface area is 96.1 Å². The summed E-state index contributed by atoms with van der Waals surface area (Å²) < 4.78 is 5.11. The molecule has 1 aliphatic heterocycles. The van der Waals surface area contributed by atoms with Crippen LogP contribution in [0.2, 0.25) is 0 Å². The predicted octanol–water partition coefficient (Wildman–Crippen LogP) is 1.13. The van der Waals surface area contributed by atoms with Crippen LogP contribution < -0.4 is 5.32 Å². The van der Waals surface area contributed by atoms with Crippen molar-refractivity contribution in [2.24, 2.45) is 0 Å². The molecule has 0 aromatic rings. The van der Waals surface area contributed by atoms with Gasteiger partial charge in [0.1, 0.15) is 5.60 Å². The van der Waals surface area contributed by atoms with Crippen molar-refractivity contribution in [2.45, 2.75) is 45.3 Å². The molecule has 0 aromatic carbocycles. The van der Waals surface area contributed by atoms with Crippen molar-refractivity contribution >= 4 is 12.5 Å². The van der Waals surface area contributed by atoms with E-state index >= 15 is 0 Å². The maximum Gasteiger partial charge on any atom is 0.407 e. The predicted molar refractivity (Wildman–Crippen MR) is 60.0 cm³/mol. The number of carbonyl (C=O) groups excluding carboxylic acids is 2. The summed E-state index contributed by atoms with van der Waals surface area (Å²) in [4.78, 5) is 23.8. The molecule has 1 heterocycles. The number of likely N-dealkylation sites (tertiary alicyclic amines) is 1. The van der Waals surface area contributed by atoms with E-state index in [2.05, 4.69) is 5.32 Å². The minimum atomic E-state index is -0.482. The molecule has 5 nitrogen and oxygen atoms in total. The average molecular weight is 228 g/mol. The summed E-state index contributed by atoms with van der Waals surface area (Å²) in [6, 6.07) is 0.116. The molecule has 1 unspecified atom stereocenters. The Kier molecular flexibility index (Phi) is 4.15. The SMILES string of the molecule is CC(C)(C)OC(=O)NCC1CCCN1C=O. The van der Waals surface area contributed by atoms with Crippen molar-refractivity contribution in [1.29, 1.82) is 0 Å². The summed E-state index contributed by atoms with van der Waals surface area (Å²) in [5.41, 5.74) is -0.482. The van der Waals surface area contributed by atoms with Crippen LogP contribution in [0.15, 0.2) is 0 Å². The lowest BCUT2D eigenvalue weighted by Crippen LogP contribution is -2.41. The molecule has 0 aromatic heterocycles. The average Bonchev–Trinajstić information content (AvgIpc) is 2.59. The molecule has 2 amide bonds. The van der Waals surface area contributed by atoms with E-state index in [1.54, 1.807) is 4.90 Å². The number of nitrogens with one attached hydrogen (secondary N) is 1. The largest absolute Gasteiger partial charge is 0.444 e. The van der Waals surface area contributed by atoms with Gasteiger partial charge in [-0.2, -0.15) is 0 Å². The fourth-order valence-corrected chi connectivity index (χ4v) is 1.73. The lowest BCUT2D eigenvalue weighted by molar-refractivity contribution is -0.118. The van der Waals surface area contributed by atoms with E-state index in [1.165, 1.54) is 0 Å². The number of rotatable bonds is 3. The van der Waals surface area contributed by atoms with Gasteiger partial charge in [0.05, 0.1) is 0 Å². The maximum atomic E-state index is 11.4. The second-order valence-electron chi connectivity index (χ2n) is 5.02. The van der Waals surface area contributed by atoms with E-state index in [4.69, 9.17) is 4.74 Å². The summed E-state index contributed by atoms with van der Waals surface area (Å²) in [6.45, 7) is 6.71. The molecule has 1 rings (SSSR count). The van der Waals surface area contributed by atoms with Gasteiger partial charge in [-0.25, -0.2) is 4.79 Å². The van der Waals surface area contributed by atoms with E-state index in [-0.39, 0.29) is 6.04 Å². The summed E-state index contributed by atoms with van der Waals surface area (Å²) in [6.07, 6.45) is 2.35. The lowest BCUT2D eigenvalue weighted by Gasteiger charge is -2.23. The lowest BCUT2D eigenvalue weighted by atomic mass is 10.2. The Morgan fingerprint density at radius 3 is 2.81 bits per heavy atom. The Balaban J connectivity index is 2.29. The summed E-state index contributed by atoms with van der Waals surface area (Å²) >= 11 is 0. The molecule has 92 valence electrons. The Morgan fingerprint density at radius 2 is 2.25 bits per heavy atom. The van der Waals surface area contributed by atoms with E-state index in [0.29, 0.717) is 6.54 Å². The highest BCUT2D eigenvalue weighted by Crippen LogP contribution is 2.14. The minimum absolute atomic E-state index is 0.116. The zero-order valence-electron chi connectivity index (χ0n) is 10.2. The highest BCUT2D eigenvalue weighted by molar-refractivity contribution is 5.67. The highest BCUT2D eigenvalue weighted by Gasteiger charge is 2.24. The Morgan fingerprint density at radius 1 is 1.56 bits per heavy atom. The first-order chi connectivity index (χ1) is 7.42. The molecule has 0 radical (unpaired) electrons. The summed E-state index contributed by atoms with van der Waals surface area (Å²) in [5.74, 6) is 0. The van der Waals surface area contributed by atoms with Crippen LogP contribution in [0.3, 0.4) is 0 Å². The first kappa shape index (κ1) is 12.8. The molecule has 0 spiro atoms. The molecule has 1 N–H and O–H groups in total. The number of hydrogen-bond acceptors (Lipinski definition) is 3. The molecule has 0 aliphatic carbocycles. The van der Waals surface area contributed by atoms with Crippen molar-refractivity contribution in [2.75, 3.05) is 13.1 Å². The molecule has 16 heavy (non-hydrogen) atoms. The zero-order chi connectivity index (χ0) is 12.2. The van der Waals surface area contributed by atoms with E-state index in [1.807, 2.05) is 20.8 Å². The van der Waals surface area contributed by atoms with E-state index in [0.717, 1.165) is 25.8 Å². The summed E-state index contributed by atoms with van der Waals surface area (Å²) in [5, 5.41) is 2.68. The van der Waals surface area contributed by atoms with Crippen LogP contribution in [0.1, 0.15) is 33.6 Å². The fourth-order valence-electron chi connectivity index (χ4n) is 1.73. The van der Waals surface area contributed by atoms with Crippen LogP contribution in [0.25, 0.3) is 0 Å². The summed E-state index contributed by atoms with van der Waals surface area (Å²) in [7, 11) is 0. The van der Waals surface area contributed by atoms with Gasteiger partial charge < -0.3 is 15.0 Å². The molecule has 1 saturated heterocycles. The second kappa shape index (κ2) is 5.18. The van der Waals surface area contributed by atoms with Gasteiger partial charge in [0.2, 0.25) is 6.41 Å². The second-order valence-corrected chi connectivity index (χ2v) is 5.02. The minimum Gasteiger partial charge on any atom is -0.444 e. The van der Waals surface area contributed by atoms with Crippen molar-refractivity contribution in [3.05, 3.63) is 0 Å². The van der Waals surface area contributed by atoms with Gasteiger partial charge in [-0.15, -0.1) is 0 Å². The first-order valence-corrected chi connectivity index (χ1v) is 5.60. The van der Waals surface area contributed by atoms with Crippen molar-refractivity contribution in [3.8, 4) is 0 Å². The van der Waals surface area contributed by atoms with Crippen LogP contribution in [0, 0.1) is 0 Å². The number of carbonyl (C=O) groups is 2. The van der Waals surface area contributed by atoms with Gasteiger partial charge in [0, 0.05) is 19.1 Å². The van der Waals surface area contributed by atoms with Crippen LogP contribution in [0.4, 0.5) is 4.79 Å². The molecule has 5 heteroatoms. The van der Waals surface area contributed by atoms with Gasteiger partial charge in [-0.05, 0) is 33.6 Å². The monoisotopic (exact) mass is 228 g/mol. The molecule has 1 fully saturated rings. The Bertz CT molecular complexity index is 260. The van der Waals surface area contributed by atoms with Gasteiger partial charge in [-0.1, -0.05) is 0 Å². The Hall–Kier alpha value is -1.26. The van der Waals surface area contributed by atoms with Gasteiger partial charge in [0.25, 0.3) is 0 Å². The third-order valence-electron chi connectivity index (χ3n) is 2.44. The quantitative estimate of drug-likeness (QED) is 0.737. The molecule has 1 aliphatic rings. The standard InChI is InChI=1S/C11H20N2O3/c1-11(2,3)16-10(15)12-7-9-5-4-6-13(9)8-14/h8-9H,4-7H2,1-3H3,(H,12,15). The zero-order valence-corrected chi connectivity index (χ0v) is 10.2. The topological polar surface area (TPSA) is 58.6 Å². The number of ether oxygens (including phenoxy) is 1. The first-order valence-electron chi connectivity index (χ1n) is 5.60. The van der Waals surface area contributed by atoms with Crippen LogP contribution in [-0.4, -0.2) is 42.1 Å². The number of amides is 2. The smallest absolute Gasteiger partial charge is 0.407 e. The molecule has 0 bridgehead atoms. The van der Waals surface area contributed by atoms with E-state index < -0.39 is 11.7 Å². The van der Waals surface area contributed by atoms with Crippen LogP contribution in [0.5, 0.6) is 0 Å². The maximum absolute atomic E-state index is 11.4. The molecule has 0 saturated carbocycles. The molecule has 1 atom stereocenters. The van der Waals surface area contributed by atoms with Crippen molar-refractivity contribution < 1.29 is 14.3 Å². The third-order valence-corrected chi connectivity index (χ3v) is 2.44. The number of alkyl carbamates (subject to hydrolysis) is 1. The molecular weight excluding hydrogens is 208 g/mol. The highest BCUT2D eigenvalue weighted by atomic mass is 16.6. The fraction of sp³-hybridized carbons (Fsp3) is 0.818. The van der Waals surface area contributed by atoms with Gasteiger partial charge in [0.15, 0.2) is 0 Å². The van der Waals surface area contributed by atoms with Crippen LogP contribution >= 0.6 is 0 Å². The normalized spacial score (nSPS) is 20.7. The number of nitrogens with zero attached hydrogens (tertiary/aromatic N) is 1. The van der Waals surface area contributed by atoms with Gasteiger partial charge in [-0.3, -0.25) is 4.79 Å². The van der Waals surface area contributed by atoms with Crippen LogP contribution in [-0.2, 0) is 9.53 Å². The number of hydrogen-bond donors (Lipinski definition) is 1. The van der Waals surface area contributed by atoms with Crippen molar-refractivity contribution in [3.63, 3.8) is 0 Å².